The van der Waals surface area contributed by atoms with Gasteiger partial charge in [0.25, 0.3) is 0 Å². The lowest BCUT2D eigenvalue weighted by Crippen LogP contribution is -2.49. The van der Waals surface area contributed by atoms with Gasteiger partial charge >= 0.3 is 5.97 Å². The third-order valence-electron chi connectivity index (χ3n) is 4.35. The molecule has 0 amide bonds. The second-order valence-corrected chi connectivity index (χ2v) is 5.59. The largest absolute Gasteiger partial charge is 0.491 e. The smallest absolute Gasteiger partial charge is 0.339 e. The van der Waals surface area contributed by atoms with Crippen LogP contribution >= 0.6 is 0 Å². The van der Waals surface area contributed by atoms with E-state index < -0.39 is 5.97 Å². The summed E-state index contributed by atoms with van der Waals surface area (Å²) in [5.41, 5.74) is 0.221. The zero-order valence-corrected chi connectivity index (χ0v) is 12.0. The molecule has 1 N–H and O–H groups in total. The lowest BCUT2D eigenvalue weighted by Gasteiger charge is -2.37. The molecule has 2 unspecified atom stereocenters. The molecule has 2 aliphatic rings. The van der Waals surface area contributed by atoms with Crippen LogP contribution in [0, 0.1) is 0 Å². The maximum Gasteiger partial charge on any atom is 0.339 e. The van der Waals surface area contributed by atoms with Gasteiger partial charge in [0.2, 0.25) is 0 Å². The van der Waals surface area contributed by atoms with E-state index in [1.54, 1.807) is 24.3 Å². The highest BCUT2D eigenvalue weighted by Crippen LogP contribution is 2.29. The molecule has 1 saturated heterocycles. The SMILES string of the molecule is O=C(O)c1ccccc1OCCN1CCOC2CCCC21. The number of ether oxygens (including phenoxy) is 2. The Morgan fingerprint density at radius 2 is 2.24 bits per heavy atom. The summed E-state index contributed by atoms with van der Waals surface area (Å²) in [5, 5.41) is 9.13. The van der Waals surface area contributed by atoms with Crippen molar-refractivity contribution in [1.29, 1.82) is 0 Å². The van der Waals surface area contributed by atoms with Gasteiger partial charge in [0.15, 0.2) is 0 Å². The van der Waals surface area contributed by atoms with Crippen molar-refractivity contribution in [3.05, 3.63) is 29.8 Å². The summed E-state index contributed by atoms with van der Waals surface area (Å²) >= 11 is 0. The summed E-state index contributed by atoms with van der Waals surface area (Å²) in [4.78, 5) is 13.6. The number of rotatable bonds is 5. The van der Waals surface area contributed by atoms with E-state index in [4.69, 9.17) is 14.6 Å². The first kappa shape index (κ1) is 14.4. The van der Waals surface area contributed by atoms with Gasteiger partial charge in [-0.25, -0.2) is 4.79 Å². The summed E-state index contributed by atoms with van der Waals surface area (Å²) < 4.78 is 11.5. The minimum atomic E-state index is -0.951. The standard InChI is InChI=1S/C16H21NO4/c18-16(19)12-4-1-2-6-14(12)20-10-8-17-9-11-21-15-7-3-5-13(15)17/h1-2,4,6,13,15H,3,5,7-11H2,(H,18,19). The van der Waals surface area contributed by atoms with E-state index in [1.165, 1.54) is 12.8 Å². The number of morpholine rings is 1. The summed E-state index contributed by atoms with van der Waals surface area (Å²) in [7, 11) is 0. The highest BCUT2D eigenvalue weighted by Gasteiger charge is 2.35. The number of aromatic carboxylic acids is 1. The van der Waals surface area contributed by atoms with Crippen molar-refractivity contribution in [3.8, 4) is 5.75 Å². The molecule has 114 valence electrons. The molecule has 1 aliphatic heterocycles. The maximum absolute atomic E-state index is 11.1. The van der Waals surface area contributed by atoms with Crippen molar-refractivity contribution in [2.75, 3.05) is 26.3 Å². The van der Waals surface area contributed by atoms with Crippen LogP contribution in [0.2, 0.25) is 0 Å². The maximum atomic E-state index is 11.1. The van der Waals surface area contributed by atoms with Crippen LogP contribution in [0.4, 0.5) is 0 Å². The van der Waals surface area contributed by atoms with Crippen LogP contribution < -0.4 is 4.74 Å². The quantitative estimate of drug-likeness (QED) is 0.899. The van der Waals surface area contributed by atoms with Gasteiger partial charge < -0.3 is 14.6 Å². The number of carboxylic acids is 1. The fraction of sp³-hybridized carbons (Fsp3) is 0.562. The van der Waals surface area contributed by atoms with Crippen LogP contribution in [0.1, 0.15) is 29.6 Å². The minimum Gasteiger partial charge on any atom is -0.491 e. The second kappa shape index (κ2) is 6.45. The van der Waals surface area contributed by atoms with E-state index in [2.05, 4.69) is 4.90 Å². The Kier molecular flexibility index (Phi) is 4.41. The molecule has 3 rings (SSSR count). The molecule has 0 spiro atoms. The molecular formula is C16H21NO4. The van der Waals surface area contributed by atoms with Crippen LogP contribution in [0.25, 0.3) is 0 Å². The lowest BCUT2D eigenvalue weighted by molar-refractivity contribution is -0.0583. The normalized spacial score (nSPS) is 25.5. The van der Waals surface area contributed by atoms with Crippen molar-refractivity contribution in [3.63, 3.8) is 0 Å². The van der Waals surface area contributed by atoms with Gasteiger partial charge in [-0.3, -0.25) is 4.90 Å². The summed E-state index contributed by atoms with van der Waals surface area (Å²) in [6, 6.07) is 7.29. The van der Waals surface area contributed by atoms with Crippen LogP contribution in [0.3, 0.4) is 0 Å². The average molecular weight is 291 g/mol. The molecule has 1 heterocycles. The molecule has 1 saturated carbocycles. The van der Waals surface area contributed by atoms with Gasteiger partial charge in [-0.05, 0) is 31.4 Å². The van der Waals surface area contributed by atoms with Crippen molar-refractivity contribution >= 4 is 5.97 Å². The Hall–Kier alpha value is -1.59. The number of para-hydroxylation sites is 1. The molecule has 0 radical (unpaired) electrons. The molecule has 2 fully saturated rings. The van der Waals surface area contributed by atoms with Gasteiger partial charge in [-0.15, -0.1) is 0 Å². The van der Waals surface area contributed by atoms with Crippen molar-refractivity contribution < 1.29 is 19.4 Å². The first-order valence-electron chi connectivity index (χ1n) is 7.56. The van der Waals surface area contributed by atoms with Crippen molar-refractivity contribution in [2.45, 2.75) is 31.4 Å². The van der Waals surface area contributed by atoms with E-state index in [0.29, 0.717) is 24.5 Å². The number of hydrogen-bond donors (Lipinski definition) is 1. The Balaban J connectivity index is 1.55. The van der Waals surface area contributed by atoms with Gasteiger partial charge in [-0.2, -0.15) is 0 Å². The molecule has 5 nitrogen and oxygen atoms in total. The highest BCUT2D eigenvalue weighted by molar-refractivity contribution is 5.90. The van der Waals surface area contributed by atoms with E-state index in [9.17, 15) is 4.79 Å². The first-order chi connectivity index (χ1) is 10.3. The molecule has 0 aromatic heterocycles. The third kappa shape index (κ3) is 3.19. The number of carbonyl (C=O) groups is 1. The molecule has 2 atom stereocenters. The first-order valence-corrected chi connectivity index (χ1v) is 7.56. The topological polar surface area (TPSA) is 59.0 Å². The van der Waals surface area contributed by atoms with E-state index in [1.807, 2.05) is 0 Å². The Morgan fingerprint density at radius 1 is 1.38 bits per heavy atom. The minimum absolute atomic E-state index is 0.221. The number of fused-ring (bicyclic) bond motifs is 1. The molecule has 1 aliphatic carbocycles. The molecule has 21 heavy (non-hydrogen) atoms. The highest BCUT2D eigenvalue weighted by atomic mass is 16.5. The Bertz CT molecular complexity index is 505. The van der Waals surface area contributed by atoms with Crippen molar-refractivity contribution in [2.24, 2.45) is 0 Å². The van der Waals surface area contributed by atoms with Crippen LogP contribution in [0.15, 0.2) is 24.3 Å². The monoisotopic (exact) mass is 291 g/mol. The van der Waals surface area contributed by atoms with E-state index in [-0.39, 0.29) is 5.56 Å². The van der Waals surface area contributed by atoms with E-state index in [0.717, 1.165) is 26.1 Å². The number of carboxylic acid groups (broad SMARTS) is 1. The predicted molar refractivity (Wildman–Crippen MR) is 77.8 cm³/mol. The zero-order valence-electron chi connectivity index (χ0n) is 12.0. The zero-order chi connectivity index (χ0) is 14.7. The molecule has 5 heteroatoms. The summed E-state index contributed by atoms with van der Waals surface area (Å²) in [6.07, 6.45) is 3.96. The number of nitrogens with zero attached hydrogens (tertiary/aromatic N) is 1. The van der Waals surface area contributed by atoms with Gasteiger partial charge in [0.1, 0.15) is 17.9 Å². The van der Waals surface area contributed by atoms with Crippen LogP contribution in [-0.2, 0) is 4.74 Å². The Labute approximate surface area is 124 Å². The third-order valence-corrected chi connectivity index (χ3v) is 4.35. The van der Waals surface area contributed by atoms with E-state index >= 15 is 0 Å². The summed E-state index contributed by atoms with van der Waals surface area (Å²) in [5.74, 6) is -0.505. The lowest BCUT2D eigenvalue weighted by atomic mass is 10.1. The van der Waals surface area contributed by atoms with Gasteiger partial charge in [0.05, 0.1) is 12.7 Å². The fourth-order valence-electron chi connectivity index (χ4n) is 3.33. The number of hydrogen-bond acceptors (Lipinski definition) is 4. The number of benzene rings is 1. The Morgan fingerprint density at radius 3 is 3.10 bits per heavy atom. The predicted octanol–water partition coefficient (Wildman–Crippen LogP) is 2.02. The van der Waals surface area contributed by atoms with Gasteiger partial charge in [-0.1, -0.05) is 12.1 Å². The molecule has 1 aromatic carbocycles. The van der Waals surface area contributed by atoms with Crippen LogP contribution in [0.5, 0.6) is 5.75 Å². The van der Waals surface area contributed by atoms with Crippen molar-refractivity contribution in [1.82, 2.24) is 4.90 Å². The average Bonchev–Trinajstić information content (AvgIpc) is 2.97. The second-order valence-electron chi connectivity index (χ2n) is 5.59. The van der Waals surface area contributed by atoms with Crippen LogP contribution in [-0.4, -0.2) is 54.4 Å². The summed E-state index contributed by atoms with van der Waals surface area (Å²) in [6.45, 7) is 3.05. The molecule has 0 bridgehead atoms. The van der Waals surface area contributed by atoms with Gasteiger partial charge in [0, 0.05) is 19.1 Å². The fourth-order valence-corrected chi connectivity index (χ4v) is 3.33. The molecule has 1 aromatic rings. The molecular weight excluding hydrogens is 270 g/mol.